The lowest BCUT2D eigenvalue weighted by Crippen LogP contribution is -2.25. The van der Waals surface area contributed by atoms with Gasteiger partial charge in [-0.05, 0) is 42.9 Å². The van der Waals surface area contributed by atoms with E-state index in [0.29, 0.717) is 0 Å². The zero-order chi connectivity index (χ0) is 11.5. The van der Waals surface area contributed by atoms with Crippen molar-refractivity contribution in [1.82, 2.24) is 6.15 Å². The van der Waals surface area contributed by atoms with Gasteiger partial charge in [0.25, 0.3) is 0 Å². The molecule has 0 fully saturated rings. The molecule has 0 bridgehead atoms. The lowest BCUT2D eigenvalue weighted by molar-refractivity contribution is 0.0275. The highest BCUT2D eigenvalue weighted by molar-refractivity contribution is 5.38. The van der Waals surface area contributed by atoms with Crippen LogP contribution in [0.2, 0.25) is 0 Å². The summed E-state index contributed by atoms with van der Waals surface area (Å²) >= 11 is 0. The second kappa shape index (κ2) is 6.02. The van der Waals surface area contributed by atoms with E-state index in [2.05, 4.69) is 26.0 Å². The quantitative estimate of drug-likeness (QED) is 0.817. The van der Waals surface area contributed by atoms with Crippen LogP contribution in [0.15, 0.2) is 18.2 Å². The Labute approximate surface area is 99.3 Å². The Morgan fingerprint density at radius 2 is 1.69 bits per heavy atom. The standard InChI is InChI=1S/C14H22O.H3N/c1-5-12-11(4)9-8-10-13(12)14(15,6-2)7-3;/h8-10,15H,5-7H2,1-4H3;1H3. The van der Waals surface area contributed by atoms with Crippen LogP contribution in [0.4, 0.5) is 0 Å². The number of hydrogen-bond donors (Lipinski definition) is 2. The van der Waals surface area contributed by atoms with Crippen molar-refractivity contribution >= 4 is 0 Å². The first kappa shape index (κ1) is 15.1. The highest BCUT2D eigenvalue weighted by Crippen LogP contribution is 2.32. The Balaban J connectivity index is 0.00000225. The summed E-state index contributed by atoms with van der Waals surface area (Å²) in [6.07, 6.45) is 2.55. The molecule has 0 aliphatic carbocycles. The SMILES string of the molecule is CCc1c(C)cccc1C(O)(CC)CC.N. The van der Waals surface area contributed by atoms with Gasteiger partial charge in [-0.25, -0.2) is 0 Å². The summed E-state index contributed by atoms with van der Waals surface area (Å²) in [6.45, 7) is 8.36. The van der Waals surface area contributed by atoms with Gasteiger partial charge >= 0.3 is 0 Å². The zero-order valence-corrected chi connectivity index (χ0v) is 11.0. The summed E-state index contributed by atoms with van der Waals surface area (Å²) in [5.74, 6) is 0. The third kappa shape index (κ3) is 2.63. The average molecular weight is 223 g/mol. The average Bonchev–Trinajstić information content (AvgIpc) is 2.27. The van der Waals surface area contributed by atoms with E-state index in [1.807, 2.05) is 19.9 Å². The summed E-state index contributed by atoms with van der Waals surface area (Å²) in [5, 5.41) is 10.5. The molecule has 0 unspecified atom stereocenters. The smallest absolute Gasteiger partial charge is 0.0894 e. The summed E-state index contributed by atoms with van der Waals surface area (Å²) in [5.41, 5.74) is 3.08. The molecule has 92 valence electrons. The first-order valence-electron chi connectivity index (χ1n) is 5.90. The third-order valence-electron chi connectivity index (χ3n) is 3.43. The topological polar surface area (TPSA) is 55.2 Å². The molecule has 1 aromatic rings. The Morgan fingerprint density at radius 3 is 2.12 bits per heavy atom. The fourth-order valence-corrected chi connectivity index (χ4v) is 2.24. The summed E-state index contributed by atoms with van der Waals surface area (Å²) in [6, 6.07) is 6.23. The van der Waals surface area contributed by atoms with Crippen molar-refractivity contribution in [2.24, 2.45) is 0 Å². The molecule has 2 heteroatoms. The van der Waals surface area contributed by atoms with E-state index < -0.39 is 5.60 Å². The van der Waals surface area contributed by atoms with Crippen LogP contribution in [0.5, 0.6) is 0 Å². The van der Waals surface area contributed by atoms with Crippen LogP contribution in [0.1, 0.15) is 50.3 Å². The second-order valence-corrected chi connectivity index (χ2v) is 4.19. The van der Waals surface area contributed by atoms with E-state index in [1.165, 1.54) is 11.1 Å². The maximum absolute atomic E-state index is 10.5. The largest absolute Gasteiger partial charge is 0.385 e. The van der Waals surface area contributed by atoms with Crippen molar-refractivity contribution in [2.75, 3.05) is 0 Å². The first-order valence-corrected chi connectivity index (χ1v) is 5.90. The third-order valence-corrected chi connectivity index (χ3v) is 3.43. The number of benzene rings is 1. The zero-order valence-electron chi connectivity index (χ0n) is 11.0. The molecule has 2 nitrogen and oxygen atoms in total. The van der Waals surface area contributed by atoms with E-state index in [4.69, 9.17) is 0 Å². The molecule has 0 saturated heterocycles. The summed E-state index contributed by atoms with van der Waals surface area (Å²) < 4.78 is 0. The fraction of sp³-hybridized carbons (Fsp3) is 0.571. The molecule has 0 aliphatic heterocycles. The molecule has 0 aliphatic rings. The Hall–Kier alpha value is -0.860. The predicted octanol–water partition coefficient (Wildman–Crippen LogP) is 3.73. The van der Waals surface area contributed by atoms with Gasteiger partial charge in [-0.2, -0.15) is 0 Å². The molecule has 4 N–H and O–H groups in total. The van der Waals surface area contributed by atoms with Crippen molar-refractivity contribution in [3.05, 3.63) is 34.9 Å². The molecule has 1 rings (SSSR count). The molecule has 0 atom stereocenters. The van der Waals surface area contributed by atoms with Gasteiger partial charge in [0.1, 0.15) is 0 Å². The van der Waals surface area contributed by atoms with Crippen molar-refractivity contribution in [2.45, 2.75) is 52.6 Å². The second-order valence-electron chi connectivity index (χ2n) is 4.19. The number of aryl methyl sites for hydroxylation is 1. The molecular formula is C14H25NO. The van der Waals surface area contributed by atoms with Gasteiger partial charge in [-0.15, -0.1) is 0 Å². The van der Waals surface area contributed by atoms with Gasteiger partial charge in [0, 0.05) is 0 Å². The van der Waals surface area contributed by atoms with Gasteiger partial charge in [0.05, 0.1) is 5.60 Å². The van der Waals surface area contributed by atoms with Gasteiger partial charge < -0.3 is 11.3 Å². The Bertz CT molecular complexity index is 330. The van der Waals surface area contributed by atoms with E-state index in [1.54, 1.807) is 0 Å². The minimum atomic E-state index is -0.642. The van der Waals surface area contributed by atoms with Crippen molar-refractivity contribution < 1.29 is 5.11 Å². The maximum Gasteiger partial charge on any atom is 0.0894 e. The maximum atomic E-state index is 10.5. The van der Waals surface area contributed by atoms with Gasteiger partial charge in [-0.3, -0.25) is 0 Å². The molecule has 0 radical (unpaired) electrons. The Morgan fingerprint density at radius 1 is 1.12 bits per heavy atom. The highest BCUT2D eigenvalue weighted by Gasteiger charge is 2.27. The molecule has 0 saturated carbocycles. The van der Waals surface area contributed by atoms with E-state index in [0.717, 1.165) is 24.8 Å². The van der Waals surface area contributed by atoms with Crippen LogP contribution in [0, 0.1) is 6.92 Å². The molecule has 1 aromatic carbocycles. The first-order chi connectivity index (χ1) is 7.09. The van der Waals surface area contributed by atoms with Gasteiger partial charge in [0.2, 0.25) is 0 Å². The van der Waals surface area contributed by atoms with Crippen LogP contribution in [-0.4, -0.2) is 5.11 Å². The lowest BCUT2D eigenvalue weighted by Gasteiger charge is -2.29. The molecule has 0 amide bonds. The molecule has 0 spiro atoms. The lowest BCUT2D eigenvalue weighted by atomic mass is 9.83. The number of rotatable bonds is 4. The molecule has 16 heavy (non-hydrogen) atoms. The van der Waals surface area contributed by atoms with Crippen LogP contribution >= 0.6 is 0 Å². The normalized spacial score (nSPS) is 11.1. The minimum Gasteiger partial charge on any atom is -0.385 e. The monoisotopic (exact) mass is 223 g/mol. The molecule has 0 heterocycles. The summed E-state index contributed by atoms with van der Waals surface area (Å²) in [7, 11) is 0. The molecular weight excluding hydrogens is 198 g/mol. The number of hydrogen-bond acceptors (Lipinski definition) is 2. The van der Waals surface area contributed by atoms with Crippen molar-refractivity contribution in [1.29, 1.82) is 0 Å². The Kier molecular flexibility index (Phi) is 5.70. The fourth-order valence-electron chi connectivity index (χ4n) is 2.24. The van der Waals surface area contributed by atoms with E-state index in [-0.39, 0.29) is 6.15 Å². The highest BCUT2D eigenvalue weighted by atomic mass is 16.3. The van der Waals surface area contributed by atoms with Gasteiger partial charge in [-0.1, -0.05) is 39.0 Å². The van der Waals surface area contributed by atoms with Gasteiger partial charge in [0.15, 0.2) is 0 Å². The summed E-state index contributed by atoms with van der Waals surface area (Å²) in [4.78, 5) is 0. The van der Waals surface area contributed by atoms with Crippen LogP contribution < -0.4 is 6.15 Å². The predicted molar refractivity (Wildman–Crippen MR) is 70.1 cm³/mol. The van der Waals surface area contributed by atoms with E-state index in [9.17, 15) is 5.11 Å². The van der Waals surface area contributed by atoms with E-state index >= 15 is 0 Å². The van der Waals surface area contributed by atoms with Crippen molar-refractivity contribution in [3.63, 3.8) is 0 Å². The van der Waals surface area contributed by atoms with Crippen LogP contribution in [-0.2, 0) is 12.0 Å². The minimum absolute atomic E-state index is 0. The molecule has 0 aromatic heterocycles. The van der Waals surface area contributed by atoms with Crippen LogP contribution in [0.25, 0.3) is 0 Å². The van der Waals surface area contributed by atoms with Crippen LogP contribution in [0.3, 0.4) is 0 Å². The number of aliphatic hydroxyl groups is 1. The van der Waals surface area contributed by atoms with Crippen molar-refractivity contribution in [3.8, 4) is 0 Å².